The quantitative estimate of drug-likeness (QED) is 0.358. The third kappa shape index (κ3) is 5.17. The monoisotopic (exact) mass is 436 g/mol. The molecule has 0 bridgehead atoms. The first kappa shape index (κ1) is 20.4. The zero-order valence-corrected chi connectivity index (χ0v) is 18.1. The third-order valence-electron chi connectivity index (χ3n) is 4.71. The van der Waals surface area contributed by atoms with Gasteiger partial charge in [-0.2, -0.15) is 0 Å². The highest BCUT2D eigenvalue weighted by atomic mass is 35.5. The Bertz CT molecular complexity index is 1150. The molecule has 0 fully saturated rings. The Hall–Kier alpha value is -2.89. The third-order valence-corrected chi connectivity index (χ3v) is 6.02. The topological polar surface area (TPSA) is 55.1 Å². The van der Waals surface area contributed by atoms with E-state index in [9.17, 15) is 4.79 Å². The first-order chi connectivity index (χ1) is 14.6. The summed E-state index contributed by atoms with van der Waals surface area (Å²) in [6, 6.07) is 21.6. The van der Waals surface area contributed by atoms with Crippen molar-refractivity contribution in [3.63, 3.8) is 0 Å². The van der Waals surface area contributed by atoms with Gasteiger partial charge < -0.3 is 9.73 Å². The van der Waals surface area contributed by atoms with Crippen molar-refractivity contribution in [3.8, 4) is 11.3 Å². The second-order valence-electron chi connectivity index (χ2n) is 7.01. The highest BCUT2D eigenvalue weighted by molar-refractivity contribution is 7.15. The summed E-state index contributed by atoms with van der Waals surface area (Å²) in [5.41, 5.74) is 3.08. The van der Waals surface area contributed by atoms with E-state index >= 15 is 0 Å². The van der Waals surface area contributed by atoms with Crippen LogP contribution in [0, 0.1) is 6.92 Å². The number of aryl methyl sites for hydroxylation is 2. The minimum absolute atomic E-state index is 0.0734. The van der Waals surface area contributed by atoms with Crippen LogP contribution in [0.3, 0.4) is 0 Å². The molecule has 6 heteroatoms. The maximum Gasteiger partial charge on any atom is 0.226 e. The summed E-state index contributed by atoms with van der Waals surface area (Å²) in [6.07, 6.45) is 1.62. The molecule has 0 aliphatic carbocycles. The second-order valence-corrected chi connectivity index (χ2v) is 8.53. The highest BCUT2D eigenvalue weighted by Crippen LogP contribution is 2.27. The van der Waals surface area contributed by atoms with Crippen molar-refractivity contribution in [1.82, 2.24) is 4.98 Å². The lowest BCUT2D eigenvalue weighted by molar-refractivity contribution is -0.116. The highest BCUT2D eigenvalue weighted by Gasteiger charge is 2.12. The van der Waals surface area contributed by atoms with Gasteiger partial charge >= 0.3 is 0 Å². The van der Waals surface area contributed by atoms with Gasteiger partial charge in [-0.3, -0.25) is 4.79 Å². The lowest BCUT2D eigenvalue weighted by Crippen LogP contribution is -2.11. The van der Waals surface area contributed by atoms with Crippen molar-refractivity contribution in [3.05, 3.63) is 93.6 Å². The average Bonchev–Trinajstić information content (AvgIpc) is 3.34. The molecular formula is C24H21ClN2O2S. The van der Waals surface area contributed by atoms with Crippen molar-refractivity contribution in [1.29, 1.82) is 0 Å². The Labute approximate surface area is 184 Å². The molecule has 30 heavy (non-hydrogen) atoms. The maximum atomic E-state index is 12.4. The number of hydrogen-bond donors (Lipinski definition) is 1. The number of furan rings is 1. The molecule has 1 amide bonds. The van der Waals surface area contributed by atoms with Gasteiger partial charge in [-0.15, -0.1) is 11.3 Å². The van der Waals surface area contributed by atoms with Crippen LogP contribution in [0.2, 0.25) is 5.02 Å². The molecule has 2 aromatic heterocycles. The fraction of sp³-hybridized carbons (Fsp3) is 0.167. The first-order valence-electron chi connectivity index (χ1n) is 9.71. The molecule has 0 radical (unpaired) electrons. The van der Waals surface area contributed by atoms with Crippen molar-refractivity contribution < 1.29 is 9.21 Å². The van der Waals surface area contributed by atoms with Crippen LogP contribution >= 0.6 is 22.9 Å². The van der Waals surface area contributed by atoms with Crippen molar-refractivity contribution >= 4 is 34.0 Å². The van der Waals surface area contributed by atoms with E-state index in [-0.39, 0.29) is 5.91 Å². The van der Waals surface area contributed by atoms with Crippen LogP contribution in [-0.4, -0.2) is 10.9 Å². The van der Waals surface area contributed by atoms with Gasteiger partial charge in [-0.05, 0) is 36.8 Å². The van der Waals surface area contributed by atoms with E-state index in [1.807, 2.05) is 73.7 Å². The molecule has 4 nitrogen and oxygen atoms in total. The standard InChI is InChI=1S/C24H21ClN2O2S/c1-16-22(15-17-6-5-9-19(25)14-17)30-24(26-16)27-23(28)13-11-20-10-12-21(29-20)18-7-3-2-4-8-18/h2-10,12,14H,11,13,15H2,1H3,(H,26,27,28). The molecule has 0 atom stereocenters. The van der Waals surface area contributed by atoms with Gasteiger partial charge in [-0.1, -0.05) is 54.1 Å². The minimum atomic E-state index is -0.0734. The van der Waals surface area contributed by atoms with E-state index in [1.54, 1.807) is 0 Å². The molecule has 4 rings (SSSR count). The summed E-state index contributed by atoms with van der Waals surface area (Å²) in [6.45, 7) is 1.96. The van der Waals surface area contributed by atoms with Crippen molar-refractivity contribution in [2.45, 2.75) is 26.2 Å². The van der Waals surface area contributed by atoms with Gasteiger partial charge in [0.15, 0.2) is 5.13 Å². The smallest absolute Gasteiger partial charge is 0.226 e. The molecule has 0 aliphatic heterocycles. The molecule has 2 heterocycles. The summed E-state index contributed by atoms with van der Waals surface area (Å²) < 4.78 is 5.87. The lowest BCUT2D eigenvalue weighted by Gasteiger charge is -2.01. The number of amides is 1. The molecule has 1 N–H and O–H groups in total. The number of anilines is 1. The molecular weight excluding hydrogens is 416 g/mol. The molecule has 0 saturated carbocycles. The van der Waals surface area contributed by atoms with Crippen LogP contribution in [-0.2, 0) is 17.6 Å². The lowest BCUT2D eigenvalue weighted by atomic mass is 10.1. The van der Waals surface area contributed by atoms with Gasteiger partial charge in [0.25, 0.3) is 0 Å². The van der Waals surface area contributed by atoms with E-state index in [0.717, 1.165) is 44.7 Å². The molecule has 0 spiro atoms. The predicted molar refractivity (Wildman–Crippen MR) is 122 cm³/mol. The number of carbonyl (C=O) groups is 1. The molecule has 0 aliphatic rings. The van der Waals surface area contributed by atoms with Crippen LogP contribution < -0.4 is 5.32 Å². The number of aromatic nitrogens is 1. The van der Waals surface area contributed by atoms with Gasteiger partial charge in [-0.25, -0.2) is 4.98 Å². The van der Waals surface area contributed by atoms with Crippen molar-refractivity contribution in [2.24, 2.45) is 0 Å². The largest absolute Gasteiger partial charge is 0.461 e. The summed E-state index contributed by atoms with van der Waals surface area (Å²) in [4.78, 5) is 18.0. The Balaban J connectivity index is 1.33. The van der Waals surface area contributed by atoms with E-state index in [0.29, 0.717) is 18.0 Å². The van der Waals surface area contributed by atoms with Crippen LogP contribution in [0.5, 0.6) is 0 Å². The zero-order valence-electron chi connectivity index (χ0n) is 16.5. The van der Waals surface area contributed by atoms with Crippen LogP contribution in [0.1, 0.15) is 28.3 Å². The number of halogens is 1. The first-order valence-corrected chi connectivity index (χ1v) is 10.9. The van der Waals surface area contributed by atoms with Crippen LogP contribution in [0.25, 0.3) is 11.3 Å². The molecule has 0 unspecified atom stereocenters. The van der Waals surface area contributed by atoms with Gasteiger partial charge in [0, 0.05) is 34.7 Å². The van der Waals surface area contributed by atoms with E-state index < -0.39 is 0 Å². The number of nitrogens with one attached hydrogen (secondary N) is 1. The van der Waals surface area contributed by atoms with Crippen LogP contribution in [0.4, 0.5) is 5.13 Å². The summed E-state index contributed by atoms with van der Waals surface area (Å²) in [7, 11) is 0. The number of hydrogen-bond acceptors (Lipinski definition) is 4. The Morgan fingerprint density at radius 2 is 1.93 bits per heavy atom. The number of nitrogens with zero attached hydrogens (tertiary/aromatic N) is 1. The van der Waals surface area contributed by atoms with Gasteiger partial charge in [0.2, 0.25) is 5.91 Å². The number of benzene rings is 2. The fourth-order valence-electron chi connectivity index (χ4n) is 3.17. The normalized spacial score (nSPS) is 10.9. The Morgan fingerprint density at radius 1 is 1.10 bits per heavy atom. The van der Waals surface area contributed by atoms with Gasteiger partial charge in [0.1, 0.15) is 11.5 Å². The summed E-state index contributed by atoms with van der Waals surface area (Å²) >= 11 is 7.57. The van der Waals surface area contributed by atoms with Crippen LogP contribution in [0.15, 0.2) is 71.1 Å². The van der Waals surface area contributed by atoms with E-state index in [1.165, 1.54) is 11.3 Å². The maximum absolute atomic E-state index is 12.4. The zero-order chi connectivity index (χ0) is 20.9. The Morgan fingerprint density at radius 3 is 2.73 bits per heavy atom. The second kappa shape index (κ2) is 9.28. The summed E-state index contributed by atoms with van der Waals surface area (Å²) in [5, 5.41) is 4.25. The molecule has 2 aromatic carbocycles. The van der Waals surface area contributed by atoms with Crippen molar-refractivity contribution in [2.75, 3.05) is 5.32 Å². The minimum Gasteiger partial charge on any atom is -0.461 e. The van der Waals surface area contributed by atoms with E-state index in [2.05, 4.69) is 10.3 Å². The van der Waals surface area contributed by atoms with E-state index in [4.69, 9.17) is 16.0 Å². The molecule has 4 aromatic rings. The summed E-state index contributed by atoms with van der Waals surface area (Å²) in [5.74, 6) is 1.53. The number of rotatable bonds is 7. The average molecular weight is 437 g/mol. The predicted octanol–water partition coefficient (Wildman–Crippen LogP) is 6.53. The number of carbonyl (C=O) groups excluding carboxylic acids is 1. The molecule has 152 valence electrons. The van der Waals surface area contributed by atoms with Gasteiger partial charge in [0.05, 0.1) is 5.69 Å². The fourth-order valence-corrected chi connectivity index (χ4v) is 4.39. The molecule has 0 saturated heterocycles. The Kier molecular flexibility index (Phi) is 6.31. The SMILES string of the molecule is Cc1nc(NC(=O)CCc2ccc(-c3ccccc3)o2)sc1Cc1cccc(Cl)c1. The number of thiazole rings is 1.